The fourth-order valence-corrected chi connectivity index (χ4v) is 4.54. The third-order valence-corrected chi connectivity index (χ3v) is 6.50. The molecule has 0 aliphatic carbocycles. The van der Waals surface area contributed by atoms with Gasteiger partial charge < -0.3 is 5.11 Å². The smallest absolute Gasteiger partial charge is 0.337 e. The molecule has 10 heteroatoms. The molecule has 1 aliphatic rings. The van der Waals surface area contributed by atoms with Crippen molar-refractivity contribution in [2.24, 2.45) is 0 Å². The Bertz CT molecular complexity index is 1320. The highest BCUT2D eigenvalue weighted by Crippen LogP contribution is 2.30. The van der Waals surface area contributed by atoms with E-state index in [1.54, 1.807) is 36.4 Å². The van der Waals surface area contributed by atoms with Gasteiger partial charge in [0.25, 0.3) is 21.9 Å². The first-order chi connectivity index (χ1) is 14.7. The summed E-state index contributed by atoms with van der Waals surface area (Å²) in [5, 5.41) is 10.3. The maximum Gasteiger partial charge on any atom is 0.337 e. The van der Waals surface area contributed by atoms with Crippen LogP contribution in [-0.4, -0.2) is 49.4 Å². The molecule has 1 aliphatic heterocycles. The summed E-state index contributed by atoms with van der Waals surface area (Å²) in [6.07, 6.45) is 0. The summed E-state index contributed by atoms with van der Waals surface area (Å²) in [5.74, 6) is -2.48. The van der Waals surface area contributed by atoms with Crippen molar-refractivity contribution in [1.29, 1.82) is 0 Å². The predicted molar refractivity (Wildman–Crippen MR) is 111 cm³/mol. The summed E-state index contributed by atoms with van der Waals surface area (Å²) >= 11 is 5.76. The summed E-state index contributed by atoms with van der Waals surface area (Å²) in [4.78, 5) is 37.3. The molecular formula is C21H14ClNO7S. The van der Waals surface area contributed by atoms with Crippen LogP contribution in [0.1, 0.15) is 31.1 Å². The summed E-state index contributed by atoms with van der Waals surface area (Å²) in [5.41, 5.74) is 0.302. The van der Waals surface area contributed by atoms with Crippen molar-refractivity contribution >= 4 is 50.3 Å². The Hall–Kier alpha value is -3.27. The molecule has 0 bridgehead atoms. The molecule has 1 N–H and O–H groups in total. The molecule has 0 spiro atoms. The van der Waals surface area contributed by atoms with Gasteiger partial charge in [-0.25, -0.2) is 4.79 Å². The molecule has 0 saturated heterocycles. The number of carbonyl (C=O) groups excluding carboxylic acids is 2. The van der Waals surface area contributed by atoms with Crippen LogP contribution < -0.4 is 0 Å². The number of hydrogen-bond acceptors (Lipinski definition) is 6. The molecule has 8 nitrogen and oxygen atoms in total. The molecule has 3 aromatic rings. The van der Waals surface area contributed by atoms with E-state index in [1.807, 2.05) is 0 Å². The Morgan fingerprint density at radius 1 is 1.00 bits per heavy atom. The number of nitrogens with zero attached hydrogens (tertiary/aromatic N) is 1. The van der Waals surface area contributed by atoms with Crippen LogP contribution in [0.2, 0.25) is 5.02 Å². The standard InChI is InChI=1S/C21H14ClNO7S/c22-17-8-7-13(11-16(17)21(26)27)31(28,29)30-10-9-23-19(24)14-5-1-3-12-4-2-6-15(18(12)14)20(23)25/h1-8,11H,9-10H2,(H,26,27). The maximum absolute atomic E-state index is 12.8. The number of carboxylic acid groups (broad SMARTS) is 1. The molecule has 1 heterocycles. The zero-order valence-corrected chi connectivity index (χ0v) is 17.3. The van der Waals surface area contributed by atoms with Gasteiger partial charge in [0.05, 0.1) is 28.6 Å². The minimum Gasteiger partial charge on any atom is -0.478 e. The Balaban J connectivity index is 1.54. The van der Waals surface area contributed by atoms with E-state index in [2.05, 4.69) is 0 Å². The number of imide groups is 1. The van der Waals surface area contributed by atoms with Gasteiger partial charge in [-0.15, -0.1) is 0 Å². The summed E-state index contributed by atoms with van der Waals surface area (Å²) < 4.78 is 29.8. The Labute approximate surface area is 181 Å². The Morgan fingerprint density at radius 3 is 2.19 bits per heavy atom. The number of rotatable bonds is 6. The highest BCUT2D eigenvalue weighted by Gasteiger charge is 2.32. The van der Waals surface area contributed by atoms with Crippen molar-refractivity contribution in [1.82, 2.24) is 4.90 Å². The van der Waals surface area contributed by atoms with Gasteiger partial charge in [-0.05, 0) is 35.7 Å². The summed E-state index contributed by atoms with van der Waals surface area (Å²) in [6, 6.07) is 13.3. The first-order valence-electron chi connectivity index (χ1n) is 9.01. The maximum atomic E-state index is 12.8. The van der Waals surface area contributed by atoms with Crippen LogP contribution in [0.25, 0.3) is 10.8 Å². The minimum absolute atomic E-state index is 0.121. The second-order valence-electron chi connectivity index (χ2n) is 6.69. The number of hydrogen-bond donors (Lipinski definition) is 1. The Kier molecular flexibility index (Phi) is 5.26. The van der Waals surface area contributed by atoms with Crippen LogP contribution in [0.3, 0.4) is 0 Å². The lowest BCUT2D eigenvalue weighted by molar-refractivity contribution is 0.0586. The molecule has 158 valence electrons. The number of aromatic carboxylic acids is 1. The second-order valence-corrected chi connectivity index (χ2v) is 8.72. The van der Waals surface area contributed by atoms with E-state index in [4.69, 9.17) is 20.9 Å². The SMILES string of the molecule is O=C(O)c1cc(S(=O)(=O)OCCN2C(=O)c3cccc4cccc(c34)C2=O)ccc1Cl. The van der Waals surface area contributed by atoms with E-state index < -0.39 is 45.0 Å². The zero-order valence-electron chi connectivity index (χ0n) is 15.7. The number of carboxylic acids is 1. The molecule has 0 radical (unpaired) electrons. The van der Waals surface area contributed by atoms with Gasteiger partial charge in [0.15, 0.2) is 0 Å². The number of amides is 2. The van der Waals surface area contributed by atoms with Crippen LogP contribution >= 0.6 is 11.6 Å². The third kappa shape index (κ3) is 3.67. The van der Waals surface area contributed by atoms with Crippen LogP contribution in [0.4, 0.5) is 0 Å². The van der Waals surface area contributed by atoms with Crippen molar-refractivity contribution < 1.29 is 32.1 Å². The lowest BCUT2D eigenvalue weighted by Crippen LogP contribution is -2.42. The summed E-state index contributed by atoms with van der Waals surface area (Å²) in [6.45, 7) is -0.802. The first-order valence-corrected chi connectivity index (χ1v) is 10.8. The third-order valence-electron chi connectivity index (χ3n) is 4.87. The zero-order chi connectivity index (χ0) is 22.3. The van der Waals surface area contributed by atoms with Crippen LogP contribution in [0.5, 0.6) is 0 Å². The molecular weight excluding hydrogens is 446 g/mol. The molecule has 0 aromatic heterocycles. The van der Waals surface area contributed by atoms with E-state index >= 15 is 0 Å². The van der Waals surface area contributed by atoms with E-state index in [0.29, 0.717) is 16.5 Å². The van der Waals surface area contributed by atoms with Crippen molar-refractivity contribution in [3.63, 3.8) is 0 Å². The topological polar surface area (TPSA) is 118 Å². The van der Waals surface area contributed by atoms with E-state index in [-0.39, 0.29) is 11.6 Å². The normalized spacial score (nSPS) is 13.6. The first kappa shape index (κ1) is 21.0. The van der Waals surface area contributed by atoms with Crippen molar-refractivity contribution in [3.05, 3.63) is 76.3 Å². The largest absolute Gasteiger partial charge is 0.478 e. The molecule has 0 atom stereocenters. The van der Waals surface area contributed by atoms with E-state index in [0.717, 1.165) is 28.5 Å². The highest BCUT2D eigenvalue weighted by molar-refractivity contribution is 7.86. The lowest BCUT2D eigenvalue weighted by Gasteiger charge is -2.26. The average Bonchev–Trinajstić information content (AvgIpc) is 2.74. The van der Waals surface area contributed by atoms with Gasteiger partial charge in [0, 0.05) is 16.5 Å². The molecule has 0 fully saturated rings. The number of halogens is 1. The second kappa shape index (κ2) is 7.77. The monoisotopic (exact) mass is 459 g/mol. The molecule has 4 rings (SSSR count). The molecule has 0 saturated carbocycles. The number of benzene rings is 3. The Morgan fingerprint density at radius 2 is 1.61 bits per heavy atom. The summed E-state index contributed by atoms with van der Waals surface area (Å²) in [7, 11) is -4.34. The lowest BCUT2D eigenvalue weighted by atomic mass is 9.94. The average molecular weight is 460 g/mol. The van der Waals surface area contributed by atoms with Gasteiger partial charge in [-0.1, -0.05) is 35.9 Å². The molecule has 2 amide bonds. The quantitative estimate of drug-likeness (QED) is 0.444. The van der Waals surface area contributed by atoms with E-state index in [1.165, 1.54) is 0 Å². The fraction of sp³-hybridized carbons (Fsp3) is 0.0952. The number of carbonyl (C=O) groups is 3. The van der Waals surface area contributed by atoms with Crippen LogP contribution in [0.15, 0.2) is 59.5 Å². The van der Waals surface area contributed by atoms with Crippen LogP contribution in [-0.2, 0) is 14.3 Å². The molecule has 31 heavy (non-hydrogen) atoms. The van der Waals surface area contributed by atoms with E-state index in [9.17, 15) is 22.8 Å². The van der Waals surface area contributed by atoms with Gasteiger partial charge >= 0.3 is 5.97 Å². The molecule has 3 aromatic carbocycles. The fourth-order valence-electron chi connectivity index (χ4n) is 3.41. The van der Waals surface area contributed by atoms with Crippen molar-refractivity contribution in [2.45, 2.75) is 4.90 Å². The van der Waals surface area contributed by atoms with Crippen molar-refractivity contribution in [3.8, 4) is 0 Å². The minimum atomic E-state index is -4.34. The van der Waals surface area contributed by atoms with Gasteiger partial charge in [0.1, 0.15) is 0 Å². The predicted octanol–water partition coefficient (Wildman–Crippen LogP) is 3.19. The highest BCUT2D eigenvalue weighted by atomic mass is 35.5. The van der Waals surface area contributed by atoms with Crippen LogP contribution in [0, 0.1) is 0 Å². The van der Waals surface area contributed by atoms with Gasteiger partial charge in [-0.2, -0.15) is 8.42 Å². The van der Waals surface area contributed by atoms with Gasteiger partial charge in [-0.3, -0.25) is 18.7 Å². The molecule has 0 unspecified atom stereocenters. The van der Waals surface area contributed by atoms with Crippen molar-refractivity contribution in [2.75, 3.05) is 13.2 Å². The van der Waals surface area contributed by atoms with Gasteiger partial charge in [0.2, 0.25) is 0 Å².